The second-order valence-electron chi connectivity index (χ2n) is 5.03. The number of hydrogen-bond acceptors (Lipinski definition) is 4. The van der Waals surface area contributed by atoms with Gasteiger partial charge in [-0.3, -0.25) is 19.8 Å². The maximum absolute atomic E-state index is 12.7. The SMILES string of the molecule is CCc1ccc(N2C(=O)C(=Cc3ccoc3)C(=O)NC2=S)cc1. The molecular formula is C17H14N2O3S. The van der Waals surface area contributed by atoms with Crippen molar-refractivity contribution in [2.75, 3.05) is 4.90 Å². The molecule has 2 heterocycles. The highest BCUT2D eigenvalue weighted by molar-refractivity contribution is 7.80. The largest absolute Gasteiger partial charge is 0.472 e. The van der Waals surface area contributed by atoms with Gasteiger partial charge in [0.15, 0.2) is 5.11 Å². The maximum Gasteiger partial charge on any atom is 0.270 e. The van der Waals surface area contributed by atoms with Crippen molar-refractivity contribution in [3.63, 3.8) is 0 Å². The summed E-state index contributed by atoms with van der Waals surface area (Å²) < 4.78 is 4.96. The molecule has 0 unspecified atom stereocenters. The molecule has 1 N–H and O–H groups in total. The lowest BCUT2D eigenvalue weighted by Crippen LogP contribution is -2.54. The monoisotopic (exact) mass is 326 g/mol. The van der Waals surface area contributed by atoms with E-state index in [1.807, 2.05) is 24.3 Å². The number of anilines is 1. The summed E-state index contributed by atoms with van der Waals surface area (Å²) in [4.78, 5) is 26.1. The van der Waals surface area contributed by atoms with Crippen LogP contribution in [0.1, 0.15) is 18.1 Å². The molecule has 0 bridgehead atoms. The normalized spacial score (nSPS) is 16.8. The van der Waals surface area contributed by atoms with Gasteiger partial charge in [0.2, 0.25) is 0 Å². The molecule has 2 amide bonds. The van der Waals surface area contributed by atoms with Crippen LogP contribution in [0.5, 0.6) is 0 Å². The molecule has 6 heteroatoms. The minimum absolute atomic E-state index is 0.0135. The number of rotatable bonds is 3. The van der Waals surface area contributed by atoms with Crippen molar-refractivity contribution in [2.24, 2.45) is 0 Å². The van der Waals surface area contributed by atoms with Gasteiger partial charge in [-0.1, -0.05) is 19.1 Å². The lowest BCUT2D eigenvalue weighted by Gasteiger charge is -2.29. The van der Waals surface area contributed by atoms with Gasteiger partial charge in [-0.2, -0.15) is 0 Å². The zero-order chi connectivity index (χ0) is 16.4. The first-order valence-electron chi connectivity index (χ1n) is 7.12. The minimum Gasteiger partial charge on any atom is -0.472 e. The number of carbonyl (C=O) groups excluding carboxylic acids is 2. The quantitative estimate of drug-likeness (QED) is 0.535. The van der Waals surface area contributed by atoms with E-state index in [9.17, 15) is 9.59 Å². The summed E-state index contributed by atoms with van der Waals surface area (Å²) in [5.41, 5.74) is 2.43. The third kappa shape index (κ3) is 2.93. The van der Waals surface area contributed by atoms with E-state index < -0.39 is 11.8 Å². The van der Waals surface area contributed by atoms with Crippen LogP contribution in [0.2, 0.25) is 0 Å². The number of aryl methyl sites for hydroxylation is 1. The Labute approximate surface area is 138 Å². The molecule has 1 aliphatic heterocycles. The Morgan fingerprint density at radius 1 is 1.22 bits per heavy atom. The number of nitrogens with zero attached hydrogens (tertiary/aromatic N) is 1. The number of nitrogens with one attached hydrogen (secondary N) is 1. The van der Waals surface area contributed by atoms with E-state index in [-0.39, 0.29) is 10.7 Å². The van der Waals surface area contributed by atoms with Gasteiger partial charge in [-0.15, -0.1) is 0 Å². The van der Waals surface area contributed by atoms with Crippen LogP contribution >= 0.6 is 12.2 Å². The molecule has 1 aromatic heterocycles. The van der Waals surface area contributed by atoms with Crippen LogP contribution in [-0.2, 0) is 16.0 Å². The Kier molecular flexibility index (Phi) is 4.08. The number of hydrogen-bond donors (Lipinski definition) is 1. The van der Waals surface area contributed by atoms with Crippen molar-refractivity contribution < 1.29 is 14.0 Å². The zero-order valence-corrected chi connectivity index (χ0v) is 13.2. The summed E-state index contributed by atoms with van der Waals surface area (Å²) >= 11 is 5.15. The zero-order valence-electron chi connectivity index (χ0n) is 12.4. The van der Waals surface area contributed by atoms with Gasteiger partial charge in [-0.25, -0.2) is 0 Å². The van der Waals surface area contributed by atoms with E-state index in [0.717, 1.165) is 12.0 Å². The van der Waals surface area contributed by atoms with Gasteiger partial charge in [0.05, 0.1) is 18.2 Å². The second kappa shape index (κ2) is 6.18. The molecule has 1 fully saturated rings. The van der Waals surface area contributed by atoms with Crippen molar-refractivity contribution in [3.05, 3.63) is 59.6 Å². The van der Waals surface area contributed by atoms with Crippen LogP contribution in [0.4, 0.5) is 5.69 Å². The van der Waals surface area contributed by atoms with Gasteiger partial charge in [-0.05, 0) is 48.5 Å². The summed E-state index contributed by atoms with van der Waals surface area (Å²) in [5.74, 6) is -0.966. The first kappa shape index (κ1) is 15.2. The summed E-state index contributed by atoms with van der Waals surface area (Å²) in [6.45, 7) is 2.05. The molecule has 2 aromatic rings. The predicted octanol–water partition coefficient (Wildman–Crippen LogP) is 2.67. The molecule has 0 saturated carbocycles. The number of furan rings is 1. The molecule has 0 aliphatic carbocycles. The van der Waals surface area contributed by atoms with Crippen LogP contribution < -0.4 is 10.2 Å². The first-order valence-corrected chi connectivity index (χ1v) is 7.53. The maximum atomic E-state index is 12.7. The molecule has 1 aliphatic rings. The van der Waals surface area contributed by atoms with Crippen LogP contribution in [0.3, 0.4) is 0 Å². The molecule has 0 spiro atoms. The van der Waals surface area contributed by atoms with Crippen molar-refractivity contribution in [1.29, 1.82) is 0 Å². The Bertz CT molecular complexity index is 792. The average molecular weight is 326 g/mol. The second-order valence-corrected chi connectivity index (χ2v) is 5.42. The smallest absolute Gasteiger partial charge is 0.270 e. The highest BCUT2D eigenvalue weighted by Gasteiger charge is 2.34. The van der Waals surface area contributed by atoms with Crippen molar-refractivity contribution in [1.82, 2.24) is 5.32 Å². The van der Waals surface area contributed by atoms with Crippen LogP contribution in [0.15, 0.2) is 52.8 Å². The van der Waals surface area contributed by atoms with E-state index in [1.165, 1.54) is 23.5 Å². The van der Waals surface area contributed by atoms with E-state index >= 15 is 0 Å². The summed E-state index contributed by atoms with van der Waals surface area (Å²) in [6.07, 6.45) is 5.32. The first-order chi connectivity index (χ1) is 11.1. The lowest BCUT2D eigenvalue weighted by molar-refractivity contribution is -0.122. The van der Waals surface area contributed by atoms with Crippen LogP contribution in [-0.4, -0.2) is 16.9 Å². The molecule has 5 nitrogen and oxygen atoms in total. The molecule has 23 heavy (non-hydrogen) atoms. The average Bonchev–Trinajstić information content (AvgIpc) is 3.05. The van der Waals surface area contributed by atoms with Gasteiger partial charge in [0.1, 0.15) is 5.57 Å². The molecular weight excluding hydrogens is 312 g/mol. The van der Waals surface area contributed by atoms with Crippen molar-refractivity contribution >= 4 is 40.9 Å². The summed E-state index contributed by atoms with van der Waals surface area (Å²) in [5, 5.41) is 2.63. The highest BCUT2D eigenvalue weighted by atomic mass is 32.1. The van der Waals surface area contributed by atoms with Crippen LogP contribution in [0.25, 0.3) is 6.08 Å². The van der Waals surface area contributed by atoms with Gasteiger partial charge < -0.3 is 4.42 Å². The summed E-state index contributed by atoms with van der Waals surface area (Å²) in [7, 11) is 0. The Morgan fingerprint density at radius 3 is 2.57 bits per heavy atom. The van der Waals surface area contributed by atoms with E-state index in [4.69, 9.17) is 16.6 Å². The molecule has 116 valence electrons. The highest BCUT2D eigenvalue weighted by Crippen LogP contribution is 2.22. The number of carbonyl (C=O) groups is 2. The third-order valence-corrected chi connectivity index (χ3v) is 3.84. The van der Waals surface area contributed by atoms with Crippen molar-refractivity contribution in [3.8, 4) is 0 Å². The molecule has 0 radical (unpaired) electrons. The van der Waals surface area contributed by atoms with Crippen molar-refractivity contribution in [2.45, 2.75) is 13.3 Å². The standard InChI is InChI=1S/C17H14N2O3S/c1-2-11-3-5-13(6-4-11)19-16(21)14(15(20)18-17(19)23)9-12-7-8-22-10-12/h3-10H,2H2,1H3,(H,18,20,23). The van der Waals surface area contributed by atoms with Gasteiger partial charge in [0, 0.05) is 5.56 Å². The minimum atomic E-state index is -0.511. The molecule has 0 atom stereocenters. The van der Waals surface area contributed by atoms with E-state index in [0.29, 0.717) is 11.3 Å². The Morgan fingerprint density at radius 2 is 1.96 bits per heavy atom. The number of thiocarbonyl (C=S) groups is 1. The Balaban J connectivity index is 1.98. The number of amides is 2. The van der Waals surface area contributed by atoms with Gasteiger partial charge >= 0.3 is 0 Å². The van der Waals surface area contributed by atoms with E-state index in [2.05, 4.69) is 12.2 Å². The molecule has 3 rings (SSSR count). The molecule has 1 aromatic carbocycles. The summed E-state index contributed by atoms with van der Waals surface area (Å²) in [6, 6.07) is 9.16. The Hall–Kier alpha value is -2.73. The van der Waals surface area contributed by atoms with E-state index in [1.54, 1.807) is 6.07 Å². The van der Waals surface area contributed by atoms with Gasteiger partial charge in [0.25, 0.3) is 11.8 Å². The lowest BCUT2D eigenvalue weighted by atomic mass is 10.1. The fourth-order valence-electron chi connectivity index (χ4n) is 2.30. The van der Waals surface area contributed by atoms with Crippen LogP contribution in [0, 0.1) is 0 Å². The fraction of sp³-hybridized carbons (Fsp3) is 0.118. The fourth-order valence-corrected chi connectivity index (χ4v) is 2.58. The predicted molar refractivity (Wildman–Crippen MR) is 90.7 cm³/mol. The number of benzene rings is 1. The molecule has 1 saturated heterocycles. The third-order valence-electron chi connectivity index (χ3n) is 3.56. The topological polar surface area (TPSA) is 62.6 Å².